The van der Waals surface area contributed by atoms with Crippen LogP contribution in [0.25, 0.3) is 0 Å². The first kappa shape index (κ1) is 13.3. The van der Waals surface area contributed by atoms with Crippen molar-refractivity contribution in [2.45, 2.75) is 6.92 Å². The lowest BCUT2D eigenvalue weighted by Crippen LogP contribution is -2.33. The Hall–Kier alpha value is -2.14. The van der Waals surface area contributed by atoms with Crippen LogP contribution < -0.4 is 10.0 Å². The summed E-state index contributed by atoms with van der Waals surface area (Å²) in [6.07, 6.45) is 0. The Morgan fingerprint density at radius 2 is 1.89 bits per heavy atom. The molecule has 0 bridgehead atoms. The highest BCUT2D eigenvalue weighted by atomic mass is 35.5. The number of hydrogen-bond acceptors (Lipinski definition) is 2. The fourth-order valence-electron chi connectivity index (χ4n) is 1.51. The molecule has 98 valence electrons. The van der Waals surface area contributed by atoms with Crippen molar-refractivity contribution in [3.63, 3.8) is 0 Å². The van der Waals surface area contributed by atoms with Crippen LogP contribution in [-0.2, 0) is 0 Å². The number of pyridine rings is 1. The summed E-state index contributed by atoms with van der Waals surface area (Å²) >= 11 is 5.81. The van der Waals surface area contributed by atoms with E-state index in [1.54, 1.807) is 6.92 Å². The summed E-state index contributed by atoms with van der Waals surface area (Å²) in [7, 11) is 0. The van der Waals surface area contributed by atoms with Crippen LogP contribution in [0.3, 0.4) is 0 Å². The van der Waals surface area contributed by atoms with Crippen LogP contribution in [0, 0.1) is 17.9 Å². The van der Waals surface area contributed by atoms with Gasteiger partial charge in [0.1, 0.15) is 11.4 Å². The molecular weight excluding hydrogens is 271 g/mol. The van der Waals surface area contributed by atoms with Crippen LogP contribution in [-0.4, -0.2) is 5.91 Å². The molecule has 0 fully saturated rings. The smallest absolute Gasteiger partial charge is 0.299 e. The second-order valence-corrected chi connectivity index (χ2v) is 4.29. The van der Waals surface area contributed by atoms with Gasteiger partial charge >= 0.3 is 0 Å². The quantitative estimate of drug-likeness (QED) is 0.522. The third-order valence-electron chi connectivity index (χ3n) is 2.56. The zero-order valence-electron chi connectivity index (χ0n) is 9.98. The predicted octanol–water partition coefficient (Wildman–Crippen LogP) is 2.67. The number of aromatic nitrogens is 1. The summed E-state index contributed by atoms with van der Waals surface area (Å²) in [5, 5.41) is 13.9. The Morgan fingerprint density at radius 3 is 2.53 bits per heavy atom. The number of carbonyl (C=O) groups is 1. The Bertz CT molecular complexity index is 629. The van der Waals surface area contributed by atoms with E-state index in [1.807, 2.05) is 0 Å². The Balaban J connectivity index is 2.25. The number of carbonyl (C=O) groups excluding carboxylic acids is 1. The molecule has 0 atom stereocenters. The Labute approximate surface area is 114 Å². The molecule has 1 aromatic heterocycles. The first-order valence-corrected chi connectivity index (χ1v) is 5.82. The molecule has 0 saturated carbocycles. The standard InChI is InChI=1S/C13H10ClFN2O2/c1-8-2-7-11(12(14)17(8)19)13(18)16-10-5-3-9(15)4-6-10/h2-7H,1H3,(H,16,18). The highest BCUT2D eigenvalue weighted by molar-refractivity contribution is 6.32. The molecule has 0 saturated heterocycles. The molecule has 19 heavy (non-hydrogen) atoms. The number of halogens is 2. The van der Waals surface area contributed by atoms with E-state index < -0.39 is 11.7 Å². The maximum atomic E-state index is 12.7. The van der Waals surface area contributed by atoms with Gasteiger partial charge in [-0.25, -0.2) is 4.39 Å². The van der Waals surface area contributed by atoms with Gasteiger partial charge in [-0.15, -0.1) is 0 Å². The number of nitrogens with zero attached hydrogens (tertiary/aromatic N) is 1. The summed E-state index contributed by atoms with van der Waals surface area (Å²) in [4.78, 5) is 11.9. The summed E-state index contributed by atoms with van der Waals surface area (Å²) in [6.45, 7) is 1.58. The highest BCUT2D eigenvalue weighted by Gasteiger charge is 2.19. The number of benzene rings is 1. The van der Waals surface area contributed by atoms with Crippen molar-refractivity contribution in [3.05, 3.63) is 63.8 Å². The SMILES string of the molecule is Cc1ccc(C(=O)Nc2ccc(F)cc2)c(Cl)[n+]1[O-]. The van der Waals surface area contributed by atoms with Crippen molar-refractivity contribution in [3.8, 4) is 0 Å². The molecule has 1 heterocycles. The average molecular weight is 281 g/mol. The Morgan fingerprint density at radius 1 is 1.26 bits per heavy atom. The van der Waals surface area contributed by atoms with Gasteiger partial charge in [-0.05, 0) is 41.9 Å². The number of nitrogens with one attached hydrogen (secondary N) is 1. The third kappa shape index (κ3) is 2.82. The van der Waals surface area contributed by atoms with Crippen LogP contribution in [0.2, 0.25) is 5.15 Å². The second kappa shape index (κ2) is 5.24. The molecule has 0 unspecified atom stereocenters. The molecule has 2 aromatic rings. The third-order valence-corrected chi connectivity index (χ3v) is 2.92. The maximum absolute atomic E-state index is 12.7. The van der Waals surface area contributed by atoms with Gasteiger partial charge in [0.15, 0.2) is 5.69 Å². The van der Waals surface area contributed by atoms with E-state index in [1.165, 1.54) is 36.4 Å². The van der Waals surface area contributed by atoms with Gasteiger partial charge in [-0.1, -0.05) is 0 Å². The van der Waals surface area contributed by atoms with E-state index in [9.17, 15) is 14.4 Å². The van der Waals surface area contributed by atoms with Crippen molar-refractivity contribution in [1.29, 1.82) is 0 Å². The summed E-state index contributed by atoms with van der Waals surface area (Å²) < 4.78 is 13.2. The largest absolute Gasteiger partial charge is 0.617 e. The minimum absolute atomic E-state index is 0.0617. The fourth-order valence-corrected chi connectivity index (χ4v) is 1.79. The molecule has 1 N–H and O–H groups in total. The molecule has 1 amide bonds. The molecule has 0 radical (unpaired) electrons. The molecule has 6 heteroatoms. The van der Waals surface area contributed by atoms with Crippen LogP contribution in [0.15, 0.2) is 36.4 Å². The zero-order valence-corrected chi connectivity index (χ0v) is 10.7. The topological polar surface area (TPSA) is 56.0 Å². The molecule has 2 rings (SSSR count). The van der Waals surface area contributed by atoms with E-state index in [0.717, 1.165) is 0 Å². The fraction of sp³-hybridized carbons (Fsp3) is 0.0769. The highest BCUT2D eigenvalue weighted by Crippen LogP contribution is 2.15. The monoisotopic (exact) mass is 280 g/mol. The first-order valence-electron chi connectivity index (χ1n) is 5.44. The number of hydrogen-bond donors (Lipinski definition) is 1. The molecule has 0 spiro atoms. The number of aryl methyl sites for hydroxylation is 1. The number of amides is 1. The van der Waals surface area contributed by atoms with Gasteiger partial charge < -0.3 is 10.5 Å². The van der Waals surface area contributed by atoms with Gasteiger partial charge in [0.25, 0.3) is 11.1 Å². The van der Waals surface area contributed by atoms with Crippen molar-refractivity contribution >= 4 is 23.2 Å². The lowest BCUT2D eigenvalue weighted by atomic mass is 10.2. The van der Waals surface area contributed by atoms with Crippen molar-refractivity contribution in [2.75, 3.05) is 5.32 Å². The zero-order chi connectivity index (χ0) is 14.0. The maximum Gasteiger partial charge on any atom is 0.299 e. The molecule has 0 aliphatic carbocycles. The van der Waals surface area contributed by atoms with Gasteiger partial charge in [-0.3, -0.25) is 4.79 Å². The van der Waals surface area contributed by atoms with E-state index in [4.69, 9.17) is 11.6 Å². The second-order valence-electron chi connectivity index (χ2n) is 3.93. The van der Waals surface area contributed by atoms with Gasteiger partial charge in [0.05, 0.1) is 0 Å². The molecule has 0 aliphatic rings. The van der Waals surface area contributed by atoms with E-state index in [-0.39, 0.29) is 10.7 Å². The van der Waals surface area contributed by atoms with Crippen LogP contribution in [0.1, 0.15) is 16.1 Å². The van der Waals surface area contributed by atoms with E-state index in [2.05, 4.69) is 5.32 Å². The number of anilines is 1. The molecule has 4 nitrogen and oxygen atoms in total. The van der Waals surface area contributed by atoms with Crippen LogP contribution in [0.5, 0.6) is 0 Å². The lowest BCUT2D eigenvalue weighted by Gasteiger charge is -2.08. The average Bonchev–Trinajstić information content (AvgIpc) is 2.39. The molecule has 1 aromatic carbocycles. The summed E-state index contributed by atoms with van der Waals surface area (Å²) in [5.74, 6) is -0.926. The van der Waals surface area contributed by atoms with Crippen molar-refractivity contribution < 1.29 is 13.9 Å². The normalized spacial score (nSPS) is 10.3. The van der Waals surface area contributed by atoms with Crippen LogP contribution in [0.4, 0.5) is 10.1 Å². The summed E-state index contributed by atoms with van der Waals surface area (Å²) in [5.41, 5.74) is 0.871. The Kier molecular flexibility index (Phi) is 3.66. The van der Waals surface area contributed by atoms with E-state index >= 15 is 0 Å². The minimum atomic E-state index is -0.527. The summed E-state index contributed by atoms with van der Waals surface area (Å²) in [6, 6.07) is 8.24. The molecule has 0 aliphatic heterocycles. The number of rotatable bonds is 2. The van der Waals surface area contributed by atoms with Crippen LogP contribution >= 0.6 is 11.6 Å². The minimum Gasteiger partial charge on any atom is -0.617 e. The van der Waals surface area contributed by atoms with Gasteiger partial charge in [-0.2, -0.15) is 4.73 Å². The van der Waals surface area contributed by atoms with Gasteiger partial charge in [0.2, 0.25) is 0 Å². The van der Waals surface area contributed by atoms with Gasteiger partial charge in [0, 0.05) is 18.7 Å². The molecular formula is C13H10ClFN2O2. The predicted molar refractivity (Wildman–Crippen MR) is 69.5 cm³/mol. The first-order chi connectivity index (χ1) is 8.99. The van der Waals surface area contributed by atoms with E-state index in [0.29, 0.717) is 16.1 Å². The van der Waals surface area contributed by atoms with Crippen molar-refractivity contribution in [1.82, 2.24) is 0 Å². The van der Waals surface area contributed by atoms with Crippen molar-refractivity contribution in [2.24, 2.45) is 0 Å². The lowest BCUT2D eigenvalue weighted by molar-refractivity contribution is -0.610.